The molecule has 4 heterocycles. The van der Waals surface area contributed by atoms with E-state index in [2.05, 4.69) is 35.1 Å². The molecule has 0 spiro atoms. The number of fused-ring (bicyclic) bond motifs is 1. The molecule has 2 fully saturated rings. The molecule has 0 atom stereocenters. The van der Waals surface area contributed by atoms with E-state index in [0.717, 1.165) is 63.7 Å². The molecule has 2 saturated heterocycles. The number of aromatic amines is 1. The van der Waals surface area contributed by atoms with Crippen LogP contribution in [0.5, 0.6) is 0 Å². The minimum absolute atomic E-state index is 0.0571. The second-order valence-electron chi connectivity index (χ2n) is 6.50. The van der Waals surface area contributed by atoms with Crippen molar-refractivity contribution in [3.8, 4) is 0 Å². The van der Waals surface area contributed by atoms with Crippen LogP contribution in [0.4, 0.5) is 11.8 Å². The van der Waals surface area contributed by atoms with E-state index in [4.69, 9.17) is 9.84 Å². The number of aromatic nitrogens is 4. The van der Waals surface area contributed by atoms with E-state index in [1.54, 1.807) is 0 Å². The molecule has 0 saturated carbocycles. The molecule has 2 aromatic heterocycles. The number of hydrogen-bond donors (Lipinski definition) is 3. The summed E-state index contributed by atoms with van der Waals surface area (Å²) in [5.41, 5.74) is 1.45. The third-order valence-corrected chi connectivity index (χ3v) is 5.01. The fourth-order valence-corrected chi connectivity index (χ4v) is 3.66. The molecular formula is C16H25N7O2. The van der Waals surface area contributed by atoms with Gasteiger partial charge in [-0.25, -0.2) is 9.97 Å². The van der Waals surface area contributed by atoms with Crippen molar-refractivity contribution in [2.24, 2.45) is 0 Å². The molecule has 2 aliphatic heterocycles. The summed E-state index contributed by atoms with van der Waals surface area (Å²) in [5.74, 6) is 1.53. The number of nitrogens with zero attached hydrogens (tertiary/aromatic N) is 5. The zero-order valence-corrected chi connectivity index (χ0v) is 14.3. The number of H-pyrrole nitrogens is 1. The Morgan fingerprint density at radius 3 is 2.76 bits per heavy atom. The number of ether oxygens (including phenoxy) is 1. The second-order valence-corrected chi connectivity index (χ2v) is 6.50. The number of aliphatic hydroxyl groups excluding tert-OH is 1. The van der Waals surface area contributed by atoms with Crippen molar-refractivity contribution in [1.29, 1.82) is 0 Å². The lowest BCUT2D eigenvalue weighted by Gasteiger charge is -2.40. The average molecular weight is 347 g/mol. The fourth-order valence-electron chi connectivity index (χ4n) is 3.66. The van der Waals surface area contributed by atoms with E-state index in [9.17, 15) is 0 Å². The van der Waals surface area contributed by atoms with Crippen LogP contribution in [0.25, 0.3) is 11.2 Å². The number of rotatable bonds is 5. The Morgan fingerprint density at radius 1 is 1.20 bits per heavy atom. The quantitative estimate of drug-likeness (QED) is 0.698. The van der Waals surface area contributed by atoms with Crippen LogP contribution in [0, 0.1) is 0 Å². The first kappa shape index (κ1) is 16.5. The smallest absolute Gasteiger partial charge is 0.205 e. The number of imidazole rings is 1. The highest BCUT2D eigenvalue weighted by Crippen LogP contribution is 2.25. The van der Waals surface area contributed by atoms with E-state index in [1.165, 1.54) is 6.33 Å². The van der Waals surface area contributed by atoms with Crippen molar-refractivity contribution in [3.05, 3.63) is 6.33 Å². The van der Waals surface area contributed by atoms with Gasteiger partial charge in [0.25, 0.3) is 0 Å². The Hall–Kier alpha value is -1.97. The van der Waals surface area contributed by atoms with Gasteiger partial charge in [0, 0.05) is 38.8 Å². The van der Waals surface area contributed by atoms with E-state index >= 15 is 0 Å². The minimum atomic E-state index is 0.0571. The summed E-state index contributed by atoms with van der Waals surface area (Å²) < 4.78 is 5.45. The molecule has 9 heteroatoms. The molecule has 0 amide bonds. The lowest BCUT2D eigenvalue weighted by Crippen LogP contribution is -2.49. The molecule has 0 bridgehead atoms. The Bertz CT molecular complexity index is 693. The monoisotopic (exact) mass is 347 g/mol. The predicted octanol–water partition coefficient (Wildman–Crippen LogP) is 0.0581. The number of morpholine rings is 1. The van der Waals surface area contributed by atoms with Gasteiger partial charge in [-0.15, -0.1) is 0 Å². The third-order valence-electron chi connectivity index (χ3n) is 5.01. The summed E-state index contributed by atoms with van der Waals surface area (Å²) in [7, 11) is 0. The summed E-state index contributed by atoms with van der Waals surface area (Å²) in [5, 5.41) is 12.1. The lowest BCUT2D eigenvalue weighted by molar-refractivity contribution is 0.0114. The highest BCUT2D eigenvalue weighted by atomic mass is 16.5. The van der Waals surface area contributed by atoms with Crippen molar-refractivity contribution in [2.45, 2.75) is 18.9 Å². The van der Waals surface area contributed by atoms with E-state index in [0.29, 0.717) is 24.1 Å². The molecule has 4 rings (SSSR count). The first-order chi connectivity index (χ1) is 12.3. The second kappa shape index (κ2) is 7.51. The van der Waals surface area contributed by atoms with Gasteiger partial charge in [0.2, 0.25) is 5.95 Å². The molecule has 0 radical (unpaired) electrons. The van der Waals surface area contributed by atoms with Crippen LogP contribution in [-0.2, 0) is 4.74 Å². The Labute approximate surface area is 146 Å². The van der Waals surface area contributed by atoms with Gasteiger partial charge in [0.15, 0.2) is 11.5 Å². The van der Waals surface area contributed by atoms with Crippen LogP contribution in [-0.4, -0.2) is 88.5 Å². The summed E-state index contributed by atoms with van der Waals surface area (Å²) in [6.07, 6.45) is 3.77. The number of piperidine rings is 1. The predicted molar refractivity (Wildman–Crippen MR) is 94.9 cm³/mol. The van der Waals surface area contributed by atoms with Gasteiger partial charge in [0.1, 0.15) is 11.8 Å². The van der Waals surface area contributed by atoms with Crippen LogP contribution < -0.4 is 10.2 Å². The Kier molecular flexibility index (Phi) is 4.95. The van der Waals surface area contributed by atoms with E-state index in [1.807, 2.05) is 0 Å². The largest absolute Gasteiger partial charge is 0.395 e. The van der Waals surface area contributed by atoms with Crippen molar-refractivity contribution in [2.75, 3.05) is 62.8 Å². The Morgan fingerprint density at radius 2 is 2.00 bits per heavy atom. The standard InChI is InChI=1S/C16H25N7O2/c24-8-3-17-14-13-15(19-11-18-14)21-16(20-13)23-4-1-12(2-5-23)22-6-9-25-10-7-22/h11-12,24H,1-10H2,(H2,17,18,19,20,21). The van der Waals surface area contributed by atoms with E-state index in [-0.39, 0.29) is 6.61 Å². The van der Waals surface area contributed by atoms with Crippen LogP contribution in [0.3, 0.4) is 0 Å². The normalized spacial score (nSPS) is 20.3. The Balaban J connectivity index is 1.44. The van der Waals surface area contributed by atoms with Gasteiger partial charge >= 0.3 is 0 Å². The zero-order valence-electron chi connectivity index (χ0n) is 14.3. The molecule has 25 heavy (non-hydrogen) atoms. The lowest BCUT2D eigenvalue weighted by atomic mass is 10.0. The first-order valence-corrected chi connectivity index (χ1v) is 8.97. The van der Waals surface area contributed by atoms with Crippen molar-refractivity contribution < 1.29 is 9.84 Å². The molecule has 0 aliphatic carbocycles. The van der Waals surface area contributed by atoms with Gasteiger partial charge < -0.3 is 25.0 Å². The highest BCUT2D eigenvalue weighted by molar-refractivity contribution is 5.84. The number of aliphatic hydroxyl groups is 1. The molecule has 9 nitrogen and oxygen atoms in total. The van der Waals surface area contributed by atoms with Gasteiger partial charge in [-0.3, -0.25) is 4.90 Å². The SMILES string of the molecule is OCCNc1ncnc2nc(N3CCC(N4CCOCC4)CC3)[nH]c12. The summed E-state index contributed by atoms with van der Waals surface area (Å²) in [4.78, 5) is 21.3. The maximum Gasteiger partial charge on any atom is 0.205 e. The van der Waals surface area contributed by atoms with Gasteiger partial charge in [-0.2, -0.15) is 4.98 Å². The highest BCUT2D eigenvalue weighted by Gasteiger charge is 2.27. The average Bonchev–Trinajstić information content (AvgIpc) is 3.12. The van der Waals surface area contributed by atoms with Crippen molar-refractivity contribution in [3.63, 3.8) is 0 Å². The van der Waals surface area contributed by atoms with Crippen molar-refractivity contribution >= 4 is 22.9 Å². The molecule has 136 valence electrons. The van der Waals surface area contributed by atoms with Gasteiger partial charge in [0.05, 0.1) is 19.8 Å². The van der Waals surface area contributed by atoms with Crippen LogP contribution in [0.1, 0.15) is 12.8 Å². The molecule has 0 aromatic carbocycles. The first-order valence-electron chi connectivity index (χ1n) is 8.97. The van der Waals surface area contributed by atoms with Crippen molar-refractivity contribution in [1.82, 2.24) is 24.8 Å². The van der Waals surface area contributed by atoms with Crippen LogP contribution in [0.15, 0.2) is 6.33 Å². The minimum Gasteiger partial charge on any atom is -0.395 e. The molecule has 2 aliphatic rings. The summed E-state index contributed by atoms with van der Waals surface area (Å²) in [6.45, 7) is 6.27. The van der Waals surface area contributed by atoms with Crippen LogP contribution in [0.2, 0.25) is 0 Å². The number of nitrogens with one attached hydrogen (secondary N) is 2. The van der Waals surface area contributed by atoms with Gasteiger partial charge in [-0.05, 0) is 12.8 Å². The summed E-state index contributed by atoms with van der Waals surface area (Å²) in [6, 6.07) is 0.645. The van der Waals surface area contributed by atoms with Crippen LogP contribution >= 0.6 is 0 Å². The number of anilines is 2. The van der Waals surface area contributed by atoms with Gasteiger partial charge in [-0.1, -0.05) is 0 Å². The topological polar surface area (TPSA) is 102 Å². The molecule has 3 N–H and O–H groups in total. The zero-order chi connectivity index (χ0) is 17.1. The molecular weight excluding hydrogens is 322 g/mol. The number of hydrogen-bond acceptors (Lipinski definition) is 8. The molecule has 2 aromatic rings. The summed E-state index contributed by atoms with van der Waals surface area (Å²) >= 11 is 0. The van der Waals surface area contributed by atoms with E-state index < -0.39 is 0 Å². The maximum atomic E-state index is 8.99. The molecule has 0 unspecified atom stereocenters. The maximum absolute atomic E-state index is 8.99. The third kappa shape index (κ3) is 3.53. The fraction of sp³-hybridized carbons (Fsp3) is 0.688.